The molecular weight excluding hydrogens is 574 g/mol. The highest BCUT2D eigenvalue weighted by molar-refractivity contribution is 6.08. The van der Waals surface area contributed by atoms with Gasteiger partial charge < -0.3 is 24.7 Å². The quantitative estimate of drug-likeness (QED) is 0.182. The molecule has 10 heteroatoms. The number of benzene rings is 3. The number of β-lactam (4-membered cyclic amide) rings is 1. The Morgan fingerprint density at radius 2 is 1.71 bits per heavy atom. The van der Waals surface area contributed by atoms with Gasteiger partial charge in [-0.25, -0.2) is 0 Å². The van der Waals surface area contributed by atoms with E-state index in [1.54, 1.807) is 42.2 Å². The monoisotopic (exact) mass is 611 g/mol. The molecule has 0 saturated carbocycles. The minimum absolute atomic E-state index is 0.00835. The smallest absolute Gasteiger partial charge is 0.304 e. The Hall–Kier alpha value is -4.80. The number of ether oxygens (including phenoxy) is 1. The Balaban J connectivity index is 1.41. The van der Waals surface area contributed by atoms with Crippen LogP contribution < -0.4 is 9.80 Å². The fourth-order valence-corrected chi connectivity index (χ4v) is 5.85. The molecule has 3 aromatic carbocycles. The Morgan fingerprint density at radius 1 is 1.04 bits per heavy atom. The first-order chi connectivity index (χ1) is 21.6. The van der Waals surface area contributed by atoms with E-state index in [2.05, 4.69) is 0 Å². The number of aliphatic hydroxyl groups excluding tert-OH is 1. The lowest BCUT2D eigenvalue weighted by molar-refractivity contribution is -0.154. The SMILES string of the molecule is CC(=O)OC1CC(=O)N1c1ccc2c(c1)[C@](O)([C@@H](C)/C=C/CC(=O)N(CCO)Cc1ccccc1)C(=O)N2Cc1ccccc1. The van der Waals surface area contributed by atoms with Gasteiger partial charge >= 0.3 is 5.97 Å². The van der Waals surface area contributed by atoms with Crippen LogP contribution in [0, 0.1) is 5.92 Å². The molecule has 1 saturated heterocycles. The Morgan fingerprint density at radius 3 is 2.33 bits per heavy atom. The number of carbonyl (C=O) groups is 4. The van der Waals surface area contributed by atoms with Crippen molar-refractivity contribution in [1.82, 2.24) is 4.90 Å². The van der Waals surface area contributed by atoms with E-state index in [9.17, 15) is 29.4 Å². The van der Waals surface area contributed by atoms with Crippen LogP contribution in [-0.4, -0.2) is 58.2 Å². The van der Waals surface area contributed by atoms with E-state index in [-0.39, 0.29) is 44.4 Å². The molecule has 0 radical (unpaired) electrons. The second kappa shape index (κ2) is 13.5. The van der Waals surface area contributed by atoms with Crippen LogP contribution in [0.1, 0.15) is 43.4 Å². The van der Waals surface area contributed by atoms with Gasteiger partial charge in [0.2, 0.25) is 11.8 Å². The van der Waals surface area contributed by atoms with E-state index < -0.39 is 29.6 Å². The number of hydrogen-bond acceptors (Lipinski definition) is 7. The van der Waals surface area contributed by atoms with Gasteiger partial charge in [-0.05, 0) is 29.3 Å². The third-order valence-electron chi connectivity index (χ3n) is 8.24. The van der Waals surface area contributed by atoms with Crippen LogP contribution >= 0.6 is 0 Å². The fourth-order valence-electron chi connectivity index (χ4n) is 5.85. The van der Waals surface area contributed by atoms with Crippen molar-refractivity contribution in [2.24, 2.45) is 5.92 Å². The van der Waals surface area contributed by atoms with Crippen LogP contribution in [0.25, 0.3) is 0 Å². The topological polar surface area (TPSA) is 128 Å². The van der Waals surface area contributed by atoms with Crippen molar-refractivity contribution in [3.05, 3.63) is 108 Å². The van der Waals surface area contributed by atoms with Crippen LogP contribution in [0.4, 0.5) is 11.4 Å². The van der Waals surface area contributed by atoms with Crippen molar-refractivity contribution >= 4 is 35.1 Å². The van der Waals surface area contributed by atoms with Crippen LogP contribution in [0.3, 0.4) is 0 Å². The van der Waals surface area contributed by atoms with Crippen molar-refractivity contribution in [3.8, 4) is 0 Å². The zero-order valence-electron chi connectivity index (χ0n) is 25.3. The van der Waals surface area contributed by atoms with Crippen molar-refractivity contribution in [3.63, 3.8) is 0 Å². The molecule has 2 aliphatic rings. The molecule has 2 N–H and O–H groups in total. The summed E-state index contributed by atoms with van der Waals surface area (Å²) in [6.45, 7) is 3.53. The lowest BCUT2D eigenvalue weighted by atomic mass is 9.82. The highest BCUT2D eigenvalue weighted by Crippen LogP contribution is 2.48. The van der Waals surface area contributed by atoms with Crippen molar-refractivity contribution < 1.29 is 34.1 Å². The summed E-state index contributed by atoms with van der Waals surface area (Å²) in [7, 11) is 0. The zero-order chi connectivity index (χ0) is 32.1. The molecular formula is C35H37N3O7. The average Bonchev–Trinajstić information content (AvgIpc) is 3.23. The van der Waals surface area contributed by atoms with E-state index in [0.717, 1.165) is 11.1 Å². The summed E-state index contributed by atoms with van der Waals surface area (Å²) in [5.41, 5.74) is 1.02. The van der Waals surface area contributed by atoms with Crippen molar-refractivity contribution in [1.29, 1.82) is 0 Å². The average molecular weight is 612 g/mol. The Labute approximate surface area is 262 Å². The number of rotatable bonds is 12. The molecule has 3 amide bonds. The van der Waals surface area contributed by atoms with Crippen LogP contribution in [0.5, 0.6) is 0 Å². The third-order valence-corrected chi connectivity index (χ3v) is 8.24. The summed E-state index contributed by atoms with van der Waals surface area (Å²) in [4.78, 5) is 55.7. The van der Waals surface area contributed by atoms with Crippen molar-refractivity contribution in [2.75, 3.05) is 23.0 Å². The zero-order valence-corrected chi connectivity index (χ0v) is 25.3. The highest BCUT2D eigenvalue weighted by atomic mass is 16.6. The first kappa shape index (κ1) is 31.6. The summed E-state index contributed by atoms with van der Waals surface area (Å²) in [5.74, 6) is -2.26. The van der Waals surface area contributed by atoms with Crippen molar-refractivity contribution in [2.45, 2.75) is 51.6 Å². The summed E-state index contributed by atoms with van der Waals surface area (Å²) >= 11 is 0. The van der Waals surface area contributed by atoms with Gasteiger partial charge in [-0.15, -0.1) is 0 Å². The molecule has 10 nitrogen and oxygen atoms in total. The second-order valence-electron chi connectivity index (χ2n) is 11.3. The number of carbonyl (C=O) groups excluding carboxylic acids is 4. The lowest BCUT2D eigenvalue weighted by Crippen LogP contribution is -2.55. The first-order valence-corrected chi connectivity index (χ1v) is 14.9. The molecule has 0 bridgehead atoms. The number of anilines is 2. The highest BCUT2D eigenvalue weighted by Gasteiger charge is 2.53. The predicted molar refractivity (Wildman–Crippen MR) is 167 cm³/mol. The molecule has 2 aliphatic heterocycles. The number of fused-ring (bicyclic) bond motifs is 1. The molecule has 3 atom stereocenters. The molecule has 45 heavy (non-hydrogen) atoms. The molecule has 3 aromatic rings. The van der Waals surface area contributed by atoms with Gasteiger partial charge in [-0.2, -0.15) is 0 Å². The third kappa shape index (κ3) is 6.52. The molecule has 2 heterocycles. The molecule has 0 aliphatic carbocycles. The van der Waals surface area contributed by atoms with Crippen LogP contribution in [0.2, 0.25) is 0 Å². The fraction of sp³-hybridized carbons (Fsp3) is 0.314. The van der Waals surface area contributed by atoms with E-state index in [1.165, 1.54) is 16.7 Å². The summed E-state index contributed by atoms with van der Waals surface area (Å²) in [6, 6.07) is 23.9. The molecule has 234 valence electrons. The summed E-state index contributed by atoms with van der Waals surface area (Å²) in [6.07, 6.45) is 2.57. The number of aliphatic hydroxyl groups is 2. The van der Waals surface area contributed by atoms with Gasteiger partial charge in [0.1, 0.15) is 0 Å². The lowest BCUT2D eigenvalue weighted by Gasteiger charge is -2.39. The number of esters is 1. The maximum absolute atomic E-state index is 14.1. The number of nitrogens with zero attached hydrogens (tertiary/aromatic N) is 3. The number of hydrogen-bond donors (Lipinski definition) is 2. The first-order valence-electron chi connectivity index (χ1n) is 14.9. The van der Waals surface area contributed by atoms with Crippen LogP contribution in [-0.2, 0) is 42.6 Å². The minimum atomic E-state index is -2.00. The van der Waals surface area contributed by atoms with E-state index in [4.69, 9.17) is 4.74 Å². The molecule has 0 aromatic heterocycles. The summed E-state index contributed by atoms with van der Waals surface area (Å²) < 4.78 is 5.28. The summed E-state index contributed by atoms with van der Waals surface area (Å²) in [5, 5.41) is 21.7. The predicted octanol–water partition coefficient (Wildman–Crippen LogP) is 3.65. The molecule has 5 rings (SSSR count). The van der Waals surface area contributed by atoms with Crippen LogP contribution in [0.15, 0.2) is 91.0 Å². The van der Waals surface area contributed by atoms with E-state index in [0.29, 0.717) is 23.5 Å². The van der Waals surface area contributed by atoms with E-state index >= 15 is 0 Å². The van der Waals surface area contributed by atoms with Gasteiger partial charge in [-0.1, -0.05) is 79.7 Å². The molecule has 1 unspecified atom stereocenters. The van der Waals surface area contributed by atoms with Gasteiger partial charge in [-0.3, -0.25) is 24.1 Å². The number of amides is 3. The van der Waals surface area contributed by atoms with Gasteiger partial charge in [0.05, 0.1) is 25.3 Å². The van der Waals surface area contributed by atoms with Gasteiger partial charge in [0.15, 0.2) is 11.8 Å². The Bertz CT molecular complexity index is 1590. The maximum Gasteiger partial charge on any atom is 0.304 e. The Kier molecular flexibility index (Phi) is 9.45. The minimum Gasteiger partial charge on any atom is -0.441 e. The standard InChI is InChI=1S/C35H37N3O7/c1-24(10-9-15-31(41)36(18-19-39)22-26-11-5-3-6-12-26)35(44)29-20-28(38-32(42)21-33(38)45-25(2)40)16-17-30(29)37(34(35)43)23-27-13-7-4-8-14-27/h3-14,16-17,20,24,33,39,44H,15,18-19,21-23H2,1-2H3/b10-9+/t24-,33?,35+/m0/s1. The van der Waals surface area contributed by atoms with Gasteiger partial charge in [0, 0.05) is 43.6 Å². The maximum atomic E-state index is 14.1. The largest absolute Gasteiger partial charge is 0.441 e. The van der Waals surface area contributed by atoms with E-state index in [1.807, 2.05) is 60.7 Å². The molecule has 0 spiro atoms. The van der Waals surface area contributed by atoms with Gasteiger partial charge in [0.25, 0.3) is 5.91 Å². The normalized spacial score (nSPS) is 19.8. The second-order valence-corrected chi connectivity index (χ2v) is 11.3. The molecule has 1 fully saturated rings.